The molecule has 0 aromatic heterocycles. The van der Waals surface area contributed by atoms with Crippen LogP contribution in [0, 0.1) is 0 Å². The van der Waals surface area contributed by atoms with Crippen LogP contribution in [0.3, 0.4) is 0 Å². The molecule has 0 radical (unpaired) electrons. The van der Waals surface area contributed by atoms with Crippen molar-refractivity contribution >= 4 is 11.8 Å². The van der Waals surface area contributed by atoms with Crippen molar-refractivity contribution in [3.63, 3.8) is 0 Å². The number of thioether (sulfide) groups is 1. The molecule has 1 heterocycles. The molecule has 0 aromatic rings. The molecule has 14 heavy (non-hydrogen) atoms. The molecule has 1 rings (SSSR count). The molecule has 2 nitrogen and oxygen atoms in total. The molecule has 0 aliphatic carbocycles. The summed E-state index contributed by atoms with van der Waals surface area (Å²) in [5, 5.41) is 3.50. The van der Waals surface area contributed by atoms with Crippen LogP contribution in [-0.4, -0.2) is 48.1 Å². The van der Waals surface area contributed by atoms with Gasteiger partial charge in [-0.2, -0.15) is 11.8 Å². The smallest absolute Gasteiger partial charge is 0.0195 e. The van der Waals surface area contributed by atoms with Gasteiger partial charge in [0.15, 0.2) is 0 Å². The van der Waals surface area contributed by atoms with E-state index in [9.17, 15) is 0 Å². The second-order valence-corrected chi connectivity index (χ2v) is 5.36. The maximum atomic E-state index is 3.50. The number of hydrogen-bond donors (Lipinski definition) is 1. The molecule has 0 spiro atoms. The van der Waals surface area contributed by atoms with Crippen LogP contribution in [0.1, 0.15) is 27.2 Å². The summed E-state index contributed by atoms with van der Waals surface area (Å²) in [5.41, 5.74) is 0. The first kappa shape index (κ1) is 12.3. The Morgan fingerprint density at radius 1 is 1.57 bits per heavy atom. The number of nitrogens with one attached hydrogen (secondary N) is 1. The highest BCUT2D eigenvalue weighted by Gasteiger charge is 2.22. The van der Waals surface area contributed by atoms with Gasteiger partial charge in [-0.3, -0.25) is 4.90 Å². The highest BCUT2D eigenvalue weighted by atomic mass is 32.2. The topological polar surface area (TPSA) is 15.3 Å². The number of rotatable bonds is 5. The zero-order valence-electron chi connectivity index (χ0n) is 9.75. The summed E-state index contributed by atoms with van der Waals surface area (Å²) < 4.78 is 0. The zero-order valence-corrected chi connectivity index (χ0v) is 10.6. The van der Waals surface area contributed by atoms with Gasteiger partial charge in [-0.25, -0.2) is 0 Å². The van der Waals surface area contributed by atoms with Gasteiger partial charge in [0, 0.05) is 36.7 Å². The van der Waals surface area contributed by atoms with E-state index in [1.807, 2.05) is 0 Å². The van der Waals surface area contributed by atoms with E-state index in [0.717, 1.165) is 19.1 Å². The second-order valence-electron chi connectivity index (χ2n) is 4.21. The summed E-state index contributed by atoms with van der Waals surface area (Å²) in [6, 6.07) is 1.45. The summed E-state index contributed by atoms with van der Waals surface area (Å²) in [6.07, 6.45) is 1.23. The molecule has 3 heteroatoms. The van der Waals surface area contributed by atoms with Crippen LogP contribution < -0.4 is 5.32 Å². The Labute approximate surface area is 92.8 Å². The van der Waals surface area contributed by atoms with Gasteiger partial charge in [-0.05, 0) is 26.8 Å². The summed E-state index contributed by atoms with van der Waals surface area (Å²) >= 11 is 2.09. The van der Waals surface area contributed by atoms with Crippen molar-refractivity contribution < 1.29 is 0 Å². The van der Waals surface area contributed by atoms with Crippen molar-refractivity contribution in [1.82, 2.24) is 10.2 Å². The SMILES string of the molecule is CCCNCC(C)N1CCSCC1C. The maximum Gasteiger partial charge on any atom is 0.0195 e. The molecule has 1 saturated heterocycles. The first-order valence-corrected chi connectivity index (χ1v) is 6.95. The molecule has 1 fully saturated rings. The van der Waals surface area contributed by atoms with E-state index < -0.39 is 0 Å². The fourth-order valence-electron chi connectivity index (χ4n) is 2.00. The Kier molecular flexibility index (Phi) is 5.90. The molecule has 1 aliphatic rings. The summed E-state index contributed by atoms with van der Waals surface area (Å²) in [5.74, 6) is 2.61. The molecule has 2 atom stereocenters. The fraction of sp³-hybridized carbons (Fsp3) is 1.00. The lowest BCUT2D eigenvalue weighted by Gasteiger charge is -2.37. The van der Waals surface area contributed by atoms with E-state index in [2.05, 4.69) is 42.7 Å². The van der Waals surface area contributed by atoms with Gasteiger partial charge >= 0.3 is 0 Å². The predicted molar refractivity (Wildman–Crippen MR) is 66.1 cm³/mol. The van der Waals surface area contributed by atoms with Crippen molar-refractivity contribution in [3.05, 3.63) is 0 Å². The van der Waals surface area contributed by atoms with E-state index >= 15 is 0 Å². The molecule has 0 saturated carbocycles. The average molecular weight is 216 g/mol. The van der Waals surface area contributed by atoms with Gasteiger partial charge in [-0.1, -0.05) is 6.92 Å². The van der Waals surface area contributed by atoms with Crippen molar-refractivity contribution in [1.29, 1.82) is 0 Å². The predicted octanol–water partition coefficient (Wildman–Crippen LogP) is 1.81. The summed E-state index contributed by atoms with van der Waals surface area (Å²) in [7, 11) is 0. The molecular weight excluding hydrogens is 192 g/mol. The zero-order chi connectivity index (χ0) is 10.4. The molecule has 0 amide bonds. The summed E-state index contributed by atoms with van der Waals surface area (Å²) in [6.45, 7) is 10.5. The average Bonchev–Trinajstić information content (AvgIpc) is 2.18. The van der Waals surface area contributed by atoms with E-state index in [1.165, 1.54) is 24.5 Å². The lowest BCUT2D eigenvalue weighted by molar-refractivity contribution is 0.170. The molecule has 1 aliphatic heterocycles. The minimum absolute atomic E-state index is 0.692. The van der Waals surface area contributed by atoms with Crippen molar-refractivity contribution in [3.8, 4) is 0 Å². The van der Waals surface area contributed by atoms with Crippen LogP contribution in [0.4, 0.5) is 0 Å². The normalized spacial score (nSPS) is 26.4. The Bertz CT molecular complexity index is 152. The van der Waals surface area contributed by atoms with E-state index in [0.29, 0.717) is 6.04 Å². The highest BCUT2D eigenvalue weighted by Crippen LogP contribution is 2.17. The van der Waals surface area contributed by atoms with Crippen molar-refractivity contribution in [2.75, 3.05) is 31.1 Å². The highest BCUT2D eigenvalue weighted by molar-refractivity contribution is 7.99. The minimum atomic E-state index is 0.692. The first-order chi connectivity index (χ1) is 6.75. The fourth-order valence-corrected chi connectivity index (χ4v) is 3.04. The third kappa shape index (κ3) is 3.79. The number of nitrogens with zero attached hydrogens (tertiary/aromatic N) is 1. The molecule has 84 valence electrons. The molecule has 1 N–H and O–H groups in total. The quantitative estimate of drug-likeness (QED) is 0.706. The number of hydrogen-bond acceptors (Lipinski definition) is 3. The van der Waals surface area contributed by atoms with Gasteiger partial charge in [0.05, 0.1) is 0 Å². The maximum absolute atomic E-state index is 3.50. The Balaban J connectivity index is 2.23. The van der Waals surface area contributed by atoms with Crippen molar-refractivity contribution in [2.45, 2.75) is 39.3 Å². The third-order valence-electron chi connectivity index (χ3n) is 2.85. The lowest BCUT2D eigenvalue weighted by atomic mass is 10.2. The molecule has 2 unspecified atom stereocenters. The Morgan fingerprint density at radius 3 is 3.00 bits per heavy atom. The van der Waals surface area contributed by atoms with Gasteiger partial charge in [0.25, 0.3) is 0 Å². The first-order valence-electron chi connectivity index (χ1n) is 5.80. The van der Waals surface area contributed by atoms with Gasteiger partial charge < -0.3 is 5.32 Å². The van der Waals surface area contributed by atoms with Gasteiger partial charge in [0.1, 0.15) is 0 Å². The van der Waals surface area contributed by atoms with Crippen molar-refractivity contribution in [2.24, 2.45) is 0 Å². The summed E-state index contributed by atoms with van der Waals surface area (Å²) in [4.78, 5) is 2.64. The van der Waals surface area contributed by atoms with E-state index in [-0.39, 0.29) is 0 Å². The van der Waals surface area contributed by atoms with Crippen LogP contribution in [0.5, 0.6) is 0 Å². The van der Waals surface area contributed by atoms with Gasteiger partial charge in [-0.15, -0.1) is 0 Å². The second kappa shape index (κ2) is 6.70. The molecule has 0 bridgehead atoms. The molecular formula is C11H24N2S. The minimum Gasteiger partial charge on any atom is -0.315 e. The van der Waals surface area contributed by atoms with Crippen LogP contribution in [-0.2, 0) is 0 Å². The van der Waals surface area contributed by atoms with E-state index in [1.54, 1.807) is 0 Å². The Morgan fingerprint density at radius 2 is 2.36 bits per heavy atom. The third-order valence-corrected chi connectivity index (χ3v) is 4.04. The Hall–Kier alpha value is 0.270. The standard InChI is InChI=1S/C11H24N2S/c1-4-5-12-8-10(2)13-6-7-14-9-11(13)3/h10-12H,4-9H2,1-3H3. The van der Waals surface area contributed by atoms with Crippen LogP contribution in [0.2, 0.25) is 0 Å². The van der Waals surface area contributed by atoms with Crippen LogP contribution >= 0.6 is 11.8 Å². The largest absolute Gasteiger partial charge is 0.315 e. The van der Waals surface area contributed by atoms with Crippen LogP contribution in [0.15, 0.2) is 0 Å². The van der Waals surface area contributed by atoms with Gasteiger partial charge in [0.2, 0.25) is 0 Å². The monoisotopic (exact) mass is 216 g/mol. The van der Waals surface area contributed by atoms with Crippen LogP contribution in [0.25, 0.3) is 0 Å². The van der Waals surface area contributed by atoms with E-state index in [4.69, 9.17) is 0 Å². The molecule has 0 aromatic carbocycles. The lowest BCUT2D eigenvalue weighted by Crippen LogP contribution is -2.49.